The molecule has 10 heteroatoms. The van der Waals surface area contributed by atoms with Gasteiger partial charge >= 0.3 is 0 Å². The summed E-state index contributed by atoms with van der Waals surface area (Å²) >= 11 is 6.12. The number of fused-ring (bicyclic) bond motifs is 1. The van der Waals surface area contributed by atoms with Crippen molar-refractivity contribution in [1.82, 2.24) is 29.1 Å². The molecule has 0 amide bonds. The zero-order valence-corrected chi connectivity index (χ0v) is 15.6. The van der Waals surface area contributed by atoms with Gasteiger partial charge in [-0.15, -0.1) is 0 Å². The highest BCUT2D eigenvalue weighted by atomic mass is 35.5. The van der Waals surface area contributed by atoms with E-state index in [1.54, 1.807) is 11.2 Å². The molecule has 0 aliphatic carbocycles. The van der Waals surface area contributed by atoms with Crippen LogP contribution >= 0.6 is 11.6 Å². The number of halogens is 1. The van der Waals surface area contributed by atoms with Gasteiger partial charge < -0.3 is 5.32 Å². The van der Waals surface area contributed by atoms with Gasteiger partial charge in [0.15, 0.2) is 5.65 Å². The molecule has 1 atom stereocenters. The minimum absolute atomic E-state index is 0.153. The van der Waals surface area contributed by atoms with Gasteiger partial charge in [0.2, 0.25) is 10.0 Å². The van der Waals surface area contributed by atoms with E-state index < -0.39 is 10.0 Å². The molecule has 136 valence electrons. The van der Waals surface area contributed by atoms with Crippen molar-refractivity contribution >= 4 is 27.3 Å². The first-order chi connectivity index (χ1) is 12.0. The molecule has 2 aliphatic heterocycles. The summed E-state index contributed by atoms with van der Waals surface area (Å²) in [6.07, 6.45) is 3.73. The van der Waals surface area contributed by atoms with Crippen molar-refractivity contribution in [3.05, 3.63) is 23.1 Å². The summed E-state index contributed by atoms with van der Waals surface area (Å²) in [7, 11) is -3.58. The number of hydrogen-bond donors (Lipinski definition) is 1. The van der Waals surface area contributed by atoms with Gasteiger partial charge in [-0.05, 0) is 13.3 Å². The van der Waals surface area contributed by atoms with Crippen LogP contribution in [0.4, 0.5) is 0 Å². The summed E-state index contributed by atoms with van der Waals surface area (Å²) in [5, 5.41) is 8.00. The van der Waals surface area contributed by atoms with E-state index in [9.17, 15) is 8.42 Å². The Morgan fingerprint density at radius 2 is 2.04 bits per heavy atom. The normalized spacial score (nSPS) is 23.5. The molecule has 4 rings (SSSR count). The lowest BCUT2D eigenvalue weighted by molar-refractivity contribution is 0.179. The van der Waals surface area contributed by atoms with Crippen molar-refractivity contribution in [2.45, 2.75) is 24.3 Å². The Kier molecular flexibility index (Phi) is 4.45. The van der Waals surface area contributed by atoms with Crippen molar-refractivity contribution < 1.29 is 8.42 Å². The molecular weight excluding hydrogens is 364 g/mol. The lowest BCUT2D eigenvalue weighted by atomic mass is 10.2. The molecule has 1 unspecified atom stereocenters. The molecule has 0 radical (unpaired) electrons. The first kappa shape index (κ1) is 17.2. The molecule has 2 aliphatic rings. The molecule has 2 saturated heterocycles. The van der Waals surface area contributed by atoms with Crippen LogP contribution in [-0.2, 0) is 10.0 Å². The van der Waals surface area contributed by atoms with Gasteiger partial charge in [0.25, 0.3) is 0 Å². The molecule has 8 nitrogen and oxygen atoms in total. The fourth-order valence-corrected chi connectivity index (χ4v) is 5.16. The monoisotopic (exact) mass is 384 g/mol. The van der Waals surface area contributed by atoms with Crippen molar-refractivity contribution in [3.63, 3.8) is 0 Å². The smallest absolute Gasteiger partial charge is 0.246 e. The maximum atomic E-state index is 13.0. The molecule has 0 aromatic carbocycles. The fourth-order valence-electron chi connectivity index (χ4n) is 3.56. The second-order valence-corrected chi connectivity index (χ2v) is 8.86. The highest BCUT2D eigenvalue weighted by Crippen LogP contribution is 2.25. The average molecular weight is 385 g/mol. The van der Waals surface area contributed by atoms with E-state index in [0.717, 1.165) is 32.6 Å². The first-order valence-corrected chi connectivity index (χ1v) is 10.2. The molecule has 4 heterocycles. The molecule has 0 bridgehead atoms. The number of hydrogen-bond acceptors (Lipinski definition) is 6. The van der Waals surface area contributed by atoms with Crippen LogP contribution in [0.5, 0.6) is 0 Å². The third-order valence-corrected chi connectivity index (χ3v) is 7.24. The standard InChI is InChI=1S/C15H21ClN6O2S/c1-11-14(16)15-18-8-13(10-22(15)19-11)25(23,24)21-5-2-12(9-21)20-6-3-17-4-7-20/h8,10,12,17H,2-7,9H2,1H3. The molecule has 2 aromatic heterocycles. The number of sulfonamides is 1. The molecule has 25 heavy (non-hydrogen) atoms. The van der Waals surface area contributed by atoms with Crippen molar-refractivity contribution in [2.75, 3.05) is 39.3 Å². The lowest BCUT2D eigenvalue weighted by Crippen LogP contribution is -2.49. The highest BCUT2D eigenvalue weighted by Gasteiger charge is 2.36. The number of aryl methyl sites for hydroxylation is 1. The third-order valence-electron chi connectivity index (χ3n) is 4.98. The Hall–Kier alpha value is -1.26. The highest BCUT2D eigenvalue weighted by molar-refractivity contribution is 7.89. The van der Waals surface area contributed by atoms with Crippen molar-refractivity contribution in [2.24, 2.45) is 0 Å². The minimum atomic E-state index is -3.58. The van der Waals surface area contributed by atoms with Crippen LogP contribution in [0.3, 0.4) is 0 Å². The van der Waals surface area contributed by atoms with E-state index in [-0.39, 0.29) is 10.9 Å². The molecule has 1 N–H and O–H groups in total. The van der Waals surface area contributed by atoms with Crippen molar-refractivity contribution in [3.8, 4) is 0 Å². The Labute approximate surface area is 151 Å². The SMILES string of the molecule is Cc1nn2cc(S(=O)(=O)N3CCC(N4CCNCC4)C3)cnc2c1Cl. The van der Waals surface area contributed by atoms with Crippen LogP contribution in [0.15, 0.2) is 17.3 Å². The minimum Gasteiger partial charge on any atom is -0.314 e. The first-order valence-electron chi connectivity index (χ1n) is 8.42. The van der Waals surface area contributed by atoms with E-state index in [0.29, 0.717) is 29.5 Å². The van der Waals surface area contributed by atoms with Crippen LogP contribution in [0.25, 0.3) is 5.65 Å². The number of nitrogens with one attached hydrogen (secondary N) is 1. The summed E-state index contributed by atoms with van der Waals surface area (Å²) in [6.45, 7) is 6.69. The Balaban J connectivity index is 1.57. The lowest BCUT2D eigenvalue weighted by Gasteiger charge is -2.32. The van der Waals surface area contributed by atoms with E-state index in [1.165, 1.54) is 16.9 Å². The van der Waals surface area contributed by atoms with Crippen molar-refractivity contribution in [1.29, 1.82) is 0 Å². The van der Waals surface area contributed by atoms with Crippen LogP contribution in [0, 0.1) is 6.92 Å². The maximum absolute atomic E-state index is 13.0. The number of rotatable bonds is 3. The largest absolute Gasteiger partial charge is 0.314 e. The van der Waals surface area contributed by atoms with Crippen LogP contribution in [0.2, 0.25) is 5.02 Å². The maximum Gasteiger partial charge on any atom is 0.246 e. The molecule has 2 aromatic rings. The quantitative estimate of drug-likeness (QED) is 0.822. The van der Waals surface area contributed by atoms with E-state index >= 15 is 0 Å². The summed E-state index contributed by atoms with van der Waals surface area (Å²) < 4.78 is 29.0. The fraction of sp³-hybridized carbons (Fsp3) is 0.600. The topological polar surface area (TPSA) is 82.8 Å². The second-order valence-electron chi connectivity index (χ2n) is 6.55. The zero-order valence-electron chi connectivity index (χ0n) is 14.0. The Morgan fingerprint density at radius 1 is 1.28 bits per heavy atom. The van der Waals surface area contributed by atoms with Gasteiger partial charge in [-0.1, -0.05) is 11.6 Å². The van der Waals surface area contributed by atoms with E-state index in [4.69, 9.17) is 11.6 Å². The van der Waals surface area contributed by atoms with Crippen LogP contribution < -0.4 is 5.32 Å². The van der Waals surface area contributed by atoms with Gasteiger partial charge in [0, 0.05) is 45.3 Å². The van der Waals surface area contributed by atoms with E-state index in [2.05, 4.69) is 20.3 Å². The van der Waals surface area contributed by atoms with Gasteiger partial charge in [-0.25, -0.2) is 17.9 Å². The summed E-state index contributed by atoms with van der Waals surface area (Å²) in [6, 6.07) is 0.287. The summed E-state index contributed by atoms with van der Waals surface area (Å²) in [5.41, 5.74) is 1.10. The number of nitrogens with zero attached hydrogens (tertiary/aromatic N) is 5. The van der Waals surface area contributed by atoms with Gasteiger partial charge in [0.1, 0.15) is 9.92 Å². The Bertz CT molecular complexity index is 893. The van der Waals surface area contributed by atoms with Crippen LogP contribution in [-0.4, -0.2) is 77.5 Å². The predicted octanol–water partition coefficient (Wildman–Crippen LogP) is 0.359. The summed E-state index contributed by atoms with van der Waals surface area (Å²) in [4.78, 5) is 6.72. The van der Waals surface area contributed by atoms with Gasteiger partial charge in [-0.2, -0.15) is 9.40 Å². The summed E-state index contributed by atoms with van der Waals surface area (Å²) in [5.74, 6) is 0. The predicted molar refractivity (Wildman–Crippen MR) is 94.3 cm³/mol. The molecule has 0 saturated carbocycles. The van der Waals surface area contributed by atoms with Gasteiger partial charge in [-0.3, -0.25) is 4.90 Å². The molecule has 2 fully saturated rings. The third kappa shape index (κ3) is 3.04. The molecular formula is C15H21ClN6O2S. The zero-order chi connectivity index (χ0) is 17.6. The second kappa shape index (κ2) is 6.48. The van der Waals surface area contributed by atoms with E-state index in [1.807, 2.05) is 0 Å². The van der Waals surface area contributed by atoms with Crippen LogP contribution in [0.1, 0.15) is 12.1 Å². The number of aromatic nitrogens is 3. The molecule has 0 spiro atoms. The Morgan fingerprint density at radius 3 is 2.80 bits per heavy atom. The average Bonchev–Trinajstić information content (AvgIpc) is 3.22. The number of piperazine rings is 1. The van der Waals surface area contributed by atoms with Gasteiger partial charge in [0.05, 0.1) is 18.1 Å².